The van der Waals surface area contributed by atoms with E-state index < -0.39 is 0 Å². The first-order chi connectivity index (χ1) is 9.74. The lowest BCUT2D eigenvalue weighted by atomic mass is 9.76. The van der Waals surface area contributed by atoms with Gasteiger partial charge in [0.2, 0.25) is 0 Å². The quantitative estimate of drug-likeness (QED) is 0.881. The number of rotatable bonds is 2. The Balaban J connectivity index is 2.11. The molecule has 1 aromatic rings. The standard InChI is InChI=1S/C16H17ClO3/c17-10-5-6-16-12(7-10)14(9-19)13(8-18)11-3-1-2-4-15(11)20-16/h1-7,11,13-15,18-19H,8-9H2/t11?,13-,14-,15?/m1/s1. The maximum Gasteiger partial charge on any atom is 0.124 e. The van der Waals surface area contributed by atoms with E-state index in [0.29, 0.717) is 5.02 Å². The minimum absolute atomic E-state index is 0.000112. The molecular weight excluding hydrogens is 276 g/mol. The van der Waals surface area contributed by atoms with Gasteiger partial charge in [-0.25, -0.2) is 0 Å². The fourth-order valence-electron chi connectivity index (χ4n) is 3.15. The van der Waals surface area contributed by atoms with Crippen LogP contribution in [-0.4, -0.2) is 29.5 Å². The predicted octanol–water partition coefficient (Wildman–Crippen LogP) is 2.53. The smallest absolute Gasteiger partial charge is 0.124 e. The Morgan fingerprint density at radius 3 is 2.65 bits per heavy atom. The Morgan fingerprint density at radius 1 is 1.10 bits per heavy atom. The fourth-order valence-corrected chi connectivity index (χ4v) is 3.33. The molecule has 0 amide bonds. The number of ether oxygens (including phenoxy) is 1. The largest absolute Gasteiger partial charge is 0.485 e. The van der Waals surface area contributed by atoms with E-state index in [1.54, 1.807) is 6.07 Å². The van der Waals surface area contributed by atoms with E-state index in [-0.39, 0.29) is 37.1 Å². The second-order valence-electron chi connectivity index (χ2n) is 5.25. The summed E-state index contributed by atoms with van der Waals surface area (Å²) in [5.74, 6) is 0.512. The van der Waals surface area contributed by atoms with Crippen molar-refractivity contribution in [2.45, 2.75) is 12.0 Å². The van der Waals surface area contributed by atoms with Crippen LogP contribution in [0.3, 0.4) is 0 Å². The molecule has 4 atom stereocenters. The molecule has 0 radical (unpaired) electrons. The van der Waals surface area contributed by atoms with Gasteiger partial charge in [-0.1, -0.05) is 29.8 Å². The summed E-state index contributed by atoms with van der Waals surface area (Å²) in [5, 5.41) is 20.2. The van der Waals surface area contributed by atoms with Gasteiger partial charge < -0.3 is 14.9 Å². The third-order valence-electron chi connectivity index (χ3n) is 4.18. The van der Waals surface area contributed by atoms with Crippen LogP contribution in [0.5, 0.6) is 5.75 Å². The summed E-state index contributed by atoms with van der Waals surface area (Å²) in [7, 11) is 0. The van der Waals surface area contributed by atoms with Crippen LogP contribution in [0, 0.1) is 11.8 Å². The van der Waals surface area contributed by atoms with Crippen molar-refractivity contribution in [1.82, 2.24) is 0 Å². The molecule has 2 N–H and O–H groups in total. The number of aliphatic hydroxyl groups is 2. The monoisotopic (exact) mass is 292 g/mol. The molecule has 0 saturated heterocycles. The van der Waals surface area contributed by atoms with Gasteiger partial charge in [0.1, 0.15) is 11.9 Å². The molecular formula is C16H17ClO3. The number of allylic oxidation sites excluding steroid dienone is 2. The normalized spacial score (nSPS) is 31.1. The average Bonchev–Trinajstić information content (AvgIpc) is 2.60. The van der Waals surface area contributed by atoms with Crippen LogP contribution in [-0.2, 0) is 0 Å². The van der Waals surface area contributed by atoms with Gasteiger partial charge in [-0.2, -0.15) is 0 Å². The van der Waals surface area contributed by atoms with Gasteiger partial charge in [0.15, 0.2) is 0 Å². The van der Waals surface area contributed by atoms with Crippen molar-refractivity contribution in [3.05, 3.63) is 53.1 Å². The third-order valence-corrected chi connectivity index (χ3v) is 4.41. The lowest BCUT2D eigenvalue weighted by Gasteiger charge is -2.30. The molecule has 20 heavy (non-hydrogen) atoms. The summed E-state index contributed by atoms with van der Waals surface area (Å²) >= 11 is 6.07. The molecule has 3 nitrogen and oxygen atoms in total. The molecule has 0 aromatic heterocycles. The topological polar surface area (TPSA) is 49.7 Å². The molecule has 0 bridgehead atoms. The van der Waals surface area contributed by atoms with Gasteiger partial charge in [-0.05, 0) is 24.3 Å². The van der Waals surface area contributed by atoms with Crippen molar-refractivity contribution in [2.75, 3.05) is 13.2 Å². The zero-order chi connectivity index (χ0) is 14.1. The summed E-state index contributed by atoms with van der Waals surface area (Å²) in [5.41, 5.74) is 0.871. The average molecular weight is 293 g/mol. The first kappa shape index (κ1) is 13.7. The SMILES string of the molecule is OC[C@@H]1c2cc(Cl)ccc2OC2C=CC=CC2[C@H]1CO. The molecule has 2 aliphatic rings. The molecule has 0 fully saturated rings. The highest BCUT2D eigenvalue weighted by atomic mass is 35.5. The van der Waals surface area contributed by atoms with Crippen molar-refractivity contribution in [1.29, 1.82) is 0 Å². The Labute approximate surface area is 123 Å². The van der Waals surface area contributed by atoms with Gasteiger partial charge in [-0.3, -0.25) is 0 Å². The molecule has 0 spiro atoms. The Morgan fingerprint density at radius 2 is 1.90 bits per heavy atom. The lowest BCUT2D eigenvalue weighted by molar-refractivity contribution is 0.0982. The van der Waals surface area contributed by atoms with Crippen molar-refractivity contribution in [3.63, 3.8) is 0 Å². The van der Waals surface area contributed by atoms with E-state index in [1.165, 1.54) is 0 Å². The van der Waals surface area contributed by atoms with E-state index >= 15 is 0 Å². The molecule has 106 valence electrons. The minimum atomic E-state index is -0.181. The highest BCUT2D eigenvalue weighted by molar-refractivity contribution is 6.30. The molecule has 2 unspecified atom stereocenters. The number of aliphatic hydroxyl groups excluding tert-OH is 2. The summed E-state index contributed by atoms with van der Waals surface area (Å²) in [4.78, 5) is 0. The van der Waals surface area contributed by atoms with Crippen LogP contribution in [0.15, 0.2) is 42.5 Å². The zero-order valence-electron chi connectivity index (χ0n) is 10.9. The van der Waals surface area contributed by atoms with Gasteiger partial charge >= 0.3 is 0 Å². The molecule has 4 heteroatoms. The Hall–Kier alpha value is -1.29. The lowest BCUT2D eigenvalue weighted by Crippen LogP contribution is -2.34. The maximum atomic E-state index is 9.79. The van der Waals surface area contributed by atoms with Crippen LogP contribution in [0.2, 0.25) is 5.02 Å². The summed E-state index contributed by atoms with van der Waals surface area (Å²) in [6.07, 6.45) is 7.83. The number of benzene rings is 1. The first-order valence-electron chi connectivity index (χ1n) is 6.77. The van der Waals surface area contributed by atoms with E-state index in [1.807, 2.05) is 36.4 Å². The van der Waals surface area contributed by atoms with Crippen LogP contribution < -0.4 is 4.74 Å². The van der Waals surface area contributed by atoms with Crippen LogP contribution in [0.4, 0.5) is 0 Å². The van der Waals surface area contributed by atoms with E-state index in [0.717, 1.165) is 11.3 Å². The highest BCUT2D eigenvalue weighted by Gasteiger charge is 2.38. The second-order valence-corrected chi connectivity index (χ2v) is 5.68. The first-order valence-corrected chi connectivity index (χ1v) is 7.15. The van der Waals surface area contributed by atoms with Gasteiger partial charge in [0.25, 0.3) is 0 Å². The fraction of sp³-hybridized carbons (Fsp3) is 0.375. The molecule has 0 saturated carbocycles. The number of fused-ring (bicyclic) bond motifs is 2. The molecule has 1 aliphatic heterocycles. The molecule has 1 aliphatic carbocycles. The van der Waals surface area contributed by atoms with E-state index in [4.69, 9.17) is 16.3 Å². The van der Waals surface area contributed by atoms with Crippen LogP contribution in [0.25, 0.3) is 0 Å². The van der Waals surface area contributed by atoms with Gasteiger partial charge in [-0.15, -0.1) is 0 Å². The number of halogens is 1. The van der Waals surface area contributed by atoms with Gasteiger partial charge in [0, 0.05) is 34.9 Å². The zero-order valence-corrected chi connectivity index (χ0v) is 11.7. The van der Waals surface area contributed by atoms with E-state index in [2.05, 4.69) is 0 Å². The predicted molar refractivity (Wildman–Crippen MR) is 78.0 cm³/mol. The molecule has 1 heterocycles. The van der Waals surface area contributed by atoms with Crippen molar-refractivity contribution in [2.24, 2.45) is 11.8 Å². The maximum absolute atomic E-state index is 9.79. The molecule has 1 aromatic carbocycles. The molecule has 3 rings (SSSR count). The summed E-state index contributed by atoms with van der Waals surface area (Å²) in [6, 6.07) is 5.44. The summed E-state index contributed by atoms with van der Waals surface area (Å²) in [6.45, 7) is -0.0391. The van der Waals surface area contributed by atoms with Crippen molar-refractivity contribution < 1.29 is 14.9 Å². The van der Waals surface area contributed by atoms with Gasteiger partial charge in [0.05, 0.1) is 6.61 Å². The third kappa shape index (κ3) is 2.26. The summed E-state index contributed by atoms with van der Waals surface area (Å²) < 4.78 is 6.06. The Kier molecular flexibility index (Phi) is 3.83. The second kappa shape index (κ2) is 5.60. The van der Waals surface area contributed by atoms with Crippen LogP contribution in [0.1, 0.15) is 11.5 Å². The van der Waals surface area contributed by atoms with E-state index in [9.17, 15) is 10.2 Å². The highest BCUT2D eigenvalue weighted by Crippen LogP contribution is 2.43. The van der Waals surface area contributed by atoms with Crippen molar-refractivity contribution in [3.8, 4) is 5.75 Å². The number of hydrogen-bond acceptors (Lipinski definition) is 3. The number of hydrogen-bond donors (Lipinski definition) is 2. The Bertz CT molecular complexity index is 553. The van der Waals surface area contributed by atoms with Crippen LogP contribution >= 0.6 is 11.6 Å². The van der Waals surface area contributed by atoms with Crippen molar-refractivity contribution >= 4 is 11.6 Å². The minimum Gasteiger partial charge on any atom is -0.485 e.